The molecule has 1 aromatic heterocycles. The molecule has 0 aliphatic rings. The number of halogens is 1. The standard InChI is InChI=1S/C14H17BrN4O/c15-12-5-1-2-6-13(12)18-14(20)11-16-7-3-9-19-10-4-8-17-19/h1-2,4-6,8,10,16H,3,7,9,11H2,(H,18,20). The van der Waals surface area contributed by atoms with Crippen molar-refractivity contribution in [2.24, 2.45) is 0 Å². The van der Waals surface area contributed by atoms with Gasteiger partial charge in [0.05, 0.1) is 12.2 Å². The van der Waals surface area contributed by atoms with Crippen LogP contribution in [0, 0.1) is 0 Å². The third-order valence-electron chi connectivity index (χ3n) is 2.73. The lowest BCUT2D eigenvalue weighted by atomic mass is 10.3. The molecule has 106 valence electrons. The van der Waals surface area contributed by atoms with Crippen LogP contribution in [0.15, 0.2) is 47.2 Å². The number of hydrogen-bond acceptors (Lipinski definition) is 3. The van der Waals surface area contributed by atoms with Crippen molar-refractivity contribution in [3.8, 4) is 0 Å². The highest BCUT2D eigenvalue weighted by molar-refractivity contribution is 9.10. The first-order valence-electron chi connectivity index (χ1n) is 6.48. The lowest BCUT2D eigenvalue weighted by molar-refractivity contribution is -0.115. The normalized spacial score (nSPS) is 10.4. The van der Waals surface area contributed by atoms with Gasteiger partial charge in [0.25, 0.3) is 0 Å². The lowest BCUT2D eigenvalue weighted by Crippen LogP contribution is -2.29. The number of hydrogen-bond donors (Lipinski definition) is 2. The zero-order chi connectivity index (χ0) is 14.2. The third kappa shape index (κ3) is 4.79. The molecule has 1 amide bonds. The molecule has 6 heteroatoms. The Balaban J connectivity index is 1.62. The Labute approximate surface area is 126 Å². The summed E-state index contributed by atoms with van der Waals surface area (Å²) < 4.78 is 2.76. The maximum atomic E-state index is 11.7. The maximum absolute atomic E-state index is 11.7. The van der Waals surface area contributed by atoms with E-state index >= 15 is 0 Å². The van der Waals surface area contributed by atoms with Crippen LogP contribution >= 0.6 is 15.9 Å². The predicted molar refractivity (Wildman–Crippen MR) is 82.5 cm³/mol. The summed E-state index contributed by atoms with van der Waals surface area (Å²) in [5.41, 5.74) is 0.788. The van der Waals surface area contributed by atoms with E-state index in [1.807, 2.05) is 41.2 Å². The molecule has 0 aliphatic carbocycles. The Morgan fingerprint density at radius 1 is 1.30 bits per heavy atom. The van der Waals surface area contributed by atoms with Gasteiger partial charge in [0.1, 0.15) is 0 Å². The van der Waals surface area contributed by atoms with Crippen molar-refractivity contribution in [2.45, 2.75) is 13.0 Å². The van der Waals surface area contributed by atoms with Crippen LogP contribution in [-0.2, 0) is 11.3 Å². The van der Waals surface area contributed by atoms with Crippen LogP contribution in [0.2, 0.25) is 0 Å². The van der Waals surface area contributed by atoms with E-state index in [4.69, 9.17) is 0 Å². The second-order valence-corrected chi connectivity index (χ2v) is 5.18. The van der Waals surface area contributed by atoms with Gasteiger partial charge in [-0.15, -0.1) is 0 Å². The van der Waals surface area contributed by atoms with Gasteiger partial charge in [-0.05, 0) is 47.1 Å². The Kier molecular flexibility index (Phi) is 5.76. The highest BCUT2D eigenvalue weighted by Gasteiger charge is 2.04. The molecule has 0 aliphatic heterocycles. The predicted octanol–water partition coefficient (Wildman–Crippen LogP) is 2.26. The third-order valence-corrected chi connectivity index (χ3v) is 3.42. The zero-order valence-electron chi connectivity index (χ0n) is 11.1. The minimum atomic E-state index is -0.0454. The lowest BCUT2D eigenvalue weighted by Gasteiger charge is -2.08. The minimum absolute atomic E-state index is 0.0454. The molecule has 0 fully saturated rings. The Morgan fingerprint density at radius 2 is 2.15 bits per heavy atom. The number of aryl methyl sites for hydroxylation is 1. The molecule has 2 aromatic rings. The van der Waals surface area contributed by atoms with Crippen LogP contribution in [0.4, 0.5) is 5.69 Å². The summed E-state index contributed by atoms with van der Waals surface area (Å²) in [6, 6.07) is 9.45. The second kappa shape index (κ2) is 7.81. The van der Waals surface area contributed by atoms with Crippen LogP contribution in [0.25, 0.3) is 0 Å². The number of nitrogens with one attached hydrogen (secondary N) is 2. The van der Waals surface area contributed by atoms with E-state index in [1.54, 1.807) is 6.20 Å². The van der Waals surface area contributed by atoms with Gasteiger partial charge >= 0.3 is 0 Å². The van der Waals surface area contributed by atoms with E-state index in [9.17, 15) is 4.79 Å². The monoisotopic (exact) mass is 336 g/mol. The minimum Gasteiger partial charge on any atom is -0.324 e. The largest absolute Gasteiger partial charge is 0.324 e. The first kappa shape index (κ1) is 14.7. The summed E-state index contributed by atoms with van der Waals surface area (Å²) in [6.07, 6.45) is 4.63. The molecular weight excluding hydrogens is 320 g/mol. The molecule has 1 aromatic carbocycles. The summed E-state index contributed by atoms with van der Waals surface area (Å²) in [5, 5.41) is 10.1. The average Bonchev–Trinajstić information content (AvgIpc) is 2.94. The van der Waals surface area contributed by atoms with Crippen molar-refractivity contribution in [3.05, 3.63) is 47.2 Å². The molecule has 0 bridgehead atoms. The first-order valence-corrected chi connectivity index (χ1v) is 7.27. The van der Waals surface area contributed by atoms with Crippen molar-refractivity contribution >= 4 is 27.5 Å². The molecule has 1 heterocycles. The first-order chi connectivity index (χ1) is 9.75. The number of para-hydroxylation sites is 1. The Hall–Kier alpha value is -1.66. The molecule has 2 rings (SSSR count). The average molecular weight is 337 g/mol. The van der Waals surface area contributed by atoms with E-state index in [-0.39, 0.29) is 5.91 Å². The van der Waals surface area contributed by atoms with Gasteiger partial charge in [0.15, 0.2) is 0 Å². The van der Waals surface area contributed by atoms with Crippen molar-refractivity contribution in [1.82, 2.24) is 15.1 Å². The van der Waals surface area contributed by atoms with E-state index in [1.165, 1.54) is 0 Å². The molecular formula is C14H17BrN4O. The highest BCUT2D eigenvalue weighted by atomic mass is 79.9. The van der Waals surface area contributed by atoms with Gasteiger partial charge in [-0.3, -0.25) is 9.48 Å². The maximum Gasteiger partial charge on any atom is 0.238 e. The number of benzene rings is 1. The summed E-state index contributed by atoms with van der Waals surface area (Å²) in [7, 11) is 0. The number of anilines is 1. The number of nitrogens with zero attached hydrogens (tertiary/aromatic N) is 2. The molecule has 0 saturated carbocycles. The van der Waals surface area contributed by atoms with Gasteiger partial charge in [-0.1, -0.05) is 12.1 Å². The molecule has 0 unspecified atom stereocenters. The van der Waals surface area contributed by atoms with Gasteiger partial charge in [0, 0.05) is 23.4 Å². The molecule has 0 spiro atoms. The van der Waals surface area contributed by atoms with Crippen LogP contribution < -0.4 is 10.6 Å². The fourth-order valence-electron chi connectivity index (χ4n) is 1.76. The van der Waals surface area contributed by atoms with Crippen LogP contribution in [0.5, 0.6) is 0 Å². The van der Waals surface area contributed by atoms with Crippen LogP contribution in [0.3, 0.4) is 0 Å². The summed E-state index contributed by atoms with van der Waals surface area (Å²) in [4.78, 5) is 11.7. The molecule has 0 atom stereocenters. The van der Waals surface area contributed by atoms with E-state index in [0.717, 1.165) is 29.7 Å². The fraction of sp³-hybridized carbons (Fsp3) is 0.286. The van der Waals surface area contributed by atoms with E-state index in [2.05, 4.69) is 31.7 Å². The molecule has 20 heavy (non-hydrogen) atoms. The smallest absolute Gasteiger partial charge is 0.238 e. The SMILES string of the molecule is O=C(CNCCCn1cccn1)Nc1ccccc1Br. The van der Waals surface area contributed by atoms with Crippen LogP contribution in [-0.4, -0.2) is 28.8 Å². The molecule has 5 nitrogen and oxygen atoms in total. The number of carbonyl (C=O) groups is 1. The zero-order valence-corrected chi connectivity index (χ0v) is 12.6. The van der Waals surface area contributed by atoms with Crippen molar-refractivity contribution in [2.75, 3.05) is 18.4 Å². The highest BCUT2D eigenvalue weighted by Crippen LogP contribution is 2.20. The van der Waals surface area contributed by atoms with Crippen molar-refractivity contribution in [1.29, 1.82) is 0 Å². The van der Waals surface area contributed by atoms with E-state index < -0.39 is 0 Å². The van der Waals surface area contributed by atoms with Crippen molar-refractivity contribution in [3.63, 3.8) is 0 Å². The Morgan fingerprint density at radius 3 is 2.90 bits per heavy atom. The molecule has 0 radical (unpaired) electrons. The Bertz CT molecular complexity index is 542. The van der Waals surface area contributed by atoms with Gasteiger partial charge in [-0.25, -0.2) is 0 Å². The number of rotatable bonds is 7. The summed E-state index contributed by atoms with van der Waals surface area (Å²) in [6.45, 7) is 1.94. The van der Waals surface area contributed by atoms with Crippen molar-refractivity contribution < 1.29 is 4.79 Å². The fourth-order valence-corrected chi connectivity index (χ4v) is 2.14. The van der Waals surface area contributed by atoms with Gasteiger partial charge in [-0.2, -0.15) is 5.10 Å². The van der Waals surface area contributed by atoms with Gasteiger partial charge < -0.3 is 10.6 Å². The summed E-state index contributed by atoms with van der Waals surface area (Å²) in [5.74, 6) is -0.0454. The van der Waals surface area contributed by atoms with E-state index in [0.29, 0.717) is 6.54 Å². The summed E-state index contributed by atoms with van der Waals surface area (Å²) >= 11 is 3.40. The second-order valence-electron chi connectivity index (χ2n) is 4.33. The van der Waals surface area contributed by atoms with Gasteiger partial charge in [0.2, 0.25) is 5.91 Å². The number of carbonyl (C=O) groups excluding carboxylic acids is 1. The molecule has 0 saturated heterocycles. The van der Waals surface area contributed by atoms with Crippen LogP contribution in [0.1, 0.15) is 6.42 Å². The number of amides is 1. The molecule has 2 N–H and O–H groups in total. The topological polar surface area (TPSA) is 59.0 Å². The quantitative estimate of drug-likeness (QED) is 0.762. The number of aromatic nitrogens is 2.